The van der Waals surface area contributed by atoms with Crippen molar-refractivity contribution in [3.8, 4) is 6.07 Å². The molecule has 6 heteroatoms. The summed E-state index contributed by atoms with van der Waals surface area (Å²) in [4.78, 5) is 24.7. The molecular formula is C17H16N2O3S. The van der Waals surface area contributed by atoms with E-state index in [4.69, 9.17) is 10.00 Å². The molecule has 1 heterocycles. The van der Waals surface area contributed by atoms with E-state index in [1.54, 1.807) is 18.4 Å². The first kappa shape index (κ1) is 16.7. The van der Waals surface area contributed by atoms with Crippen molar-refractivity contribution in [3.05, 3.63) is 57.8 Å². The van der Waals surface area contributed by atoms with Gasteiger partial charge in [-0.2, -0.15) is 5.26 Å². The van der Waals surface area contributed by atoms with Crippen molar-refractivity contribution in [3.63, 3.8) is 0 Å². The van der Waals surface area contributed by atoms with Crippen LogP contribution in [-0.2, 0) is 9.53 Å². The lowest BCUT2D eigenvalue weighted by molar-refractivity contribution is -0.145. The lowest BCUT2D eigenvalue weighted by Gasteiger charge is -2.23. The number of rotatable bonds is 5. The third kappa shape index (κ3) is 3.76. The molecule has 0 fully saturated rings. The zero-order valence-corrected chi connectivity index (χ0v) is 13.6. The lowest BCUT2D eigenvalue weighted by Crippen LogP contribution is -2.36. The lowest BCUT2D eigenvalue weighted by atomic mass is 9.94. The Morgan fingerprint density at radius 3 is 2.57 bits per heavy atom. The summed E-state index contributed by atoms with van der Waals surface area (Å²) in [6.45, 7) is 1.70. The van der Waals surface area contributed by atoms with Crippen molar-refractivity contribution in [2.24, 2.45) is 5.92 Å². The van der Waals surface area contributed by atoms with Gasteiger partial charge in [0.05, 0.1) is 24.6 Å². The summed E-state index contributed by atoms with van der Waals surface area (Å²) in [6, 6.07) is 12.3. The molecule has 1 N–H and O–H groups in total. The molecule has 1 aromatic heterocycles. The van der Waals surface area contributed by atoms with Crippen molar-refractivity contribution < 1.29 is 14.3 Å². The van der Waals surface area contributed by atoms with Gasteiger partial charge in [0.15, 0.2) is 0 Å². The molecule has 0 unspecified atom stereocenters. The van der Waals surface area contributed by atoms with E-state index in [2.05, 4.69) is 5.32 Å². The van der Waals surface area contributed by atoms with Gasteiger partial charge in [-0.25, -0.2) is 0 Å². The predicted molar refractivity (Wildman–Crippen MR) is 86.9 cm³/mol. The third-order valence-corrected chi connectivity index (χ3v) is 4.42. The largest absolute Gasteiger partial charge is 0.469 e. The summed E-state index contributed by atoms with van der Waals surface area (Å²) < 4.78 is 4.79. The number of nitrogens with zero attached hydrogens (tertiary/aromatic N) is 1. The van der Waals surface area contributed by atoms with E-state index >= 15 is 0 Å². The Hall–Kier alpha value is -2.65. The third-order valence-electron chi connectivity index (χ3n) is 3.51. The second kappa shape index (κ2) is 7.56. The monoisotopic (exact) mass is 328 g/mol. The molecule has 23 heavy (non-hydrogen) atoms. The topological polar surface area (TPSA) is 79.2 Å². The Bertz CT molecular complexity index is 734. The van der Waals surface area contributed by atoms with Crippen LogP contribution in [-0.4, -0.2) is 19.0 Å². The molecule has 1 amide bonds. The maximum Gasteiger partial charge on any atom is 0.310 e. The van der Waals surface area contributed by atoms with Crippen LogP contribution >= 0.6 is 11.3 Å². The Labute approximate surface area is 138 Å². The van der Waals surface area contributed by atoms with Crippen molar-refractivity contribution >= 4 is 23.2 Å². The first-order valence-corrected chi connectivity index (χ1v) is 7.87. The molecular weight excluding hydrogens is 312 g/mol. The number of carbonyl (C=O) groups excluding carboxylic acids is 2. The van der Waals surface area contributed by atoms with Crippen LogP contribution < -0.4 is 5.32 Å². The minimum atomic E-state index is -0.558. The van der Waals surface area contributed by atoms with Gasteiger partial charge in [0, 0.05) is 0 Å². The summed E-state index contributed by atoms with van der Waals surface area (Å²) in [5, 5.41) is 13.6. The fourth-order valence-corrected chi connectivity index (χ4v) is 3.01. The highest BCUT2D eigenvalue weighted by Gasteiger charge is 2.29. The summed E-state index contributed by atoms with van der Waals surface area (Å²) in [5.41, 5.74) is 1.12. The molecule has 0 saturated carbocycles. The first-order valence-electron chi connectivity index (χ1n) is 6.99. The Morgan fingerprint density at radius 2 is 1.96 bits per heavy atom. The van der Waals surface area contributed by atoms with E-state index in [1.165, 1.54) is 18.4 Å². The molecule has 0 saturated heterocycles. The molecule has 5 nitrogen and oxygen atoms in total. The Kier molecular flexibility index (Phi) is 5.50. The summed E-state index contributed by atoms with van der Waals surface area (Å²) in [6.07, 6.45) is 0. The second-order valence-corrected chi connectivity index (χ2v) is 5.86. The van der Waals surface area contributed by atoms with Crippen LogP contribution in [0.4, 0.5) is 0 Å². The van der Waals surface area contributed by atoms with E-state index in [1.807, 2.05) is 36.4 Å². The summed E-state index contributed by atoms with van der Waals surface area (Å²) in [5.74, 6) is -1.34. The van der Waals surface area contributed by atoms with Crippen LogP contribution in [0.3, 0.4) is 0 Å². The van der Waals surface area contributed by atoms with Crippen LogP contribution in [0.1, 0.15) is 33.8 Å². The standard InChI is InChI=1S/C17H16N2O3S/c1-11(17(21)22-2)14(12-6-4-3-5-7-12)19-16(20)15-13(10-18)8-9-23-15/h3-9,11,14H,1-2H3,(H,19,20)/t11-,14-/m1/s1. The Morgan fingerprint density at radius 1 is 1.26 bits per heavy atom. The smallest absolute Gasteiger partial charge is 0.310 e. The normalized spacial score (nSPS) is 12.7. The van der Waals surface area contributed by atoms with Crippen molar-refractivity contribution in [1.82, 2.24) is 5.32 Å². The van der Waals surface area contributed by atoms with Crippen LogP contribution in [0.5, 0.6) is 0 Å². The van der Waals surface area contributed by atoms with Crippen molar-refractivity contribution in [2.75, 3.05) is 7.11 Å². The van der Waals surface area contributed by atoms with Gasteiger partial charge in [0.2, 0.25) is 0 Å². The number of amides is 1. The number of ether oxygens (including phenoxy) is 1. The number of methoxy groups -OCH3 is 1. The quantitative estimate of drug-likeness (QED) is 0.856. The van der Waals surface area contributed by atoms with E-state index in [9.17, 15) is 9.59 Å². The zero-order valence-electron chi connectivity index (χ0n) is 12.8. The highest BCUT2D eigenvalue weighted by molar-refractivity contribution is 7.12. The van der Waals surface area contributed by atoms with Gasteiger partial charge in [-0.1, -0.05) is 30.3 Å². The zero-order chi connectivity index (χ0) is 16.8. The number of hydrogen-bond donors (Lipinski definition) is 1. The number of thiophene rings is 1. The van der Waals surface area contributed by atoms with Gasteiger partial charge in [-0.05, 0) is 23.9 Å². The van der Waals surface area contributed by atoms with Crippen LogP contribution in [0.15, 0.2) is 41.8 Å². The Balaban J connectivity index is 2.30. The fourth-order valence-electron chi connectivity index (χ4n) is 2.26. The summed E-state index contributed by atoms with van der Waals surface area (Å²) >= 11 is 1.19. The predicted octanol–water partition coefficient (Wildman–Crippen LogP) is 2.90. The minimum absolute atomic E-state index is 0.324. The molecule has 0 aliphatic rings. The van der Waals surface area contributed by atoms with Gasteiger partial charge in [-0.3, -0.25) is 9.59 Å². The highest BCUT2D eigenvalue weighted by atomic mass is 32.1. The van der Waals surface area contributed by atoms with Crippen LogP contribution in [0.2, 0.25) is 0 Å². The van der Waals surface area contributed by atoms with Crippen molar-refractivity contribution in [2.45, 2.75) is 13.0 Å². The van der Waals surface area contributed by atoms with Gasteiger partial charge < -0.3 is 10.1 Å². The molecule has 0 aliphatic heterocycles. The first-order chi connectivity index (χ1) is 11.1. The van der Waals surface area contributed by atoms with Gasteiger partial charge in [0.1, 0.15) is 10.9 Å². The van der Waals surface area contributed by atoms with Crippen LogP contribution in [0, 0.1) is 17.2 Å². The molecule has 1 aromatic carbocycles. The van der Waals surface area contributed by atoms with E-state index in [0.717, 1.165) is 5.56 Å². The molecule has 2 aromatic rings. The molecule has 118 valence electrons. The number of esters is 1. The van der Waals surface area contributed by atoms with E-state index < -0.39 is 17.9 Å². The number of benzene rings is 1. The second-order valence-electron chi connectivity index (χ2n) is 4.95. The highest BCUT2D eigenvalue weighted by Crippen LogP contribution is 2.25. The molecule has 0 bridgehead atoms. The van der Waals surface area contributed by atoms with Crippen LogP contribution in [0.25, 0.3) is 0 Å². The fraction of sp³-hybridized carbons (Fsp3) is 0.235. The van der Waals surface area contributed by atoms with Gasteiger partial charge >= 0.3 is 5.97 Å². The average Bonchev–Trinajstić information content (AvgIpc) is 3.07. The molecule has 2 rings (SSSR count). The number of nitriles is 1. The number of nitrogens with one attached hydrogen (secondary N) is 1. The molecule has 0 spiro atoms. The van der Waals surface area contributed by atoms with E-state index in [-0.39, 0.29) is 5.91 Å². The number of hydrogen-bond acceptors (Lipinski definition) is 5. The van der Waals surface area contributed by atoms with E-state index in [0.29, 0.717) is 10.4 Å². The molecule has 2 atom stereocenters. The number of carbonyl (C=O) groups is 2. The van der Waals surface area contributed by atoms with Crippen molar-refractivity contribution in [1.29, 1.82) is 5.26 Å². The maximum atomic E-state index is 12.5. The SMILES string of the molecule is COC(=O)[C@H](C)[C@@H](NC(=O)c1sccc1C#N)c1ccccc1. The molecule has 0 aliphatic carbocycles. The molecule has 0 radical (unpaired) electrons. The average molecular weight is 328 g/mol. The minimum Gasteiger partial charge on any atom is -0.469 e. The van der Waals surface area contributed by atoms with Gasteiger partial charge in [0.25, 0.3) is 5.91 Å². The summed E-state index contributed by atoms with van der Waals surface area (Å²) in [7, 11) is 1.32. The van der Waals surface area contributed by atoms with Gasteiger partial charge in [-0.15, -0.1) is 11.3 Å². The maximum absolute atomic E-state index is 12.5.